The van der Waals surface area contributed by atoms with E-state index in [-0.39, 0.29) is 5.41 Å². The third-order valence-corrected chi connectivity index (χ3v) is 5.89. The van der Waals surface area contributed by atoms with Crippen LogP contribution in [0.15, 0.2) is 58.7 Å². The van der Waals surface area contributed by atoms with E-state index in [9.17, 15) is 4.39 Å². The molecule has 1 heterocycles. The fourth-order valence-electron chi connectivity index (χ4n) is 3.00. The Morgan fingerprint density at radius 1 is 1.16 bits per heavy atom. The summed E-state index contributed by atoms with van der Waals surface area (Å²) < 4.78 is 18.9. The predicted molar refractivity (Wildman–Crippen MR) is 105 cm³/mol. The van der Waals surface area contributed by atoms with E-state index in [1.165, 1.54) is 16.0 Å². The fourth-order valence-corrected chi connectivity index (χ4v) is 4.00. The first-order chi connectivity index (χ1) is 11.8. The molecule has 1 aliphatic heterocycles. The van der Waals surface area contributed by atoms with Gasteiger partial charge in [-0.05, 0) is 46.9 Å². The number of alkyl halides is 1. The highest BCUT2D eigenvalue weighted by Crippen LogP contribution is 2.38. The second-order valence-electron chi connectivity index (χ2n) is 8.11. The zero-order valence-corrected chi connectivity index (χ0v) is 16.4. The van der Waals surface area contributed by atoms with Crippen LogP contribution in [-0.2, 0) is 15.9 Å². The van der Waals surface area contributed by atoms with Crippen LogP contribution in [0.4, 0.5) is 4.39 Å². The maximum Gasteiger partial charge on any atom is 0.152 e. The van der Waals surface area contributed by atoms with Crippen molar-refractivity contribution >= 4 is 11.8 Å². The van der Waals surface area contributed by atoms with Gasteiger partial charge in [-0.15, -0.1) is 11.8 Å². The van der Waals surface area contributed by atoms with E-state index in [4.69, 9.17) is 4.74 Å². The number of rotatable bonds is 4. The van der Waals surface area contributed by atoms with E-state index in [2.05, 4.69) is 51.1 Å². The number of thioether (sulfide) groups is 1. The van der Waals surface area contributed by atoms with Crippen molar-refractivity contribution in [2.45, 2.75) is 57.3 Å². The molecule has 3 rings (SSSR count). The van der Waals surface area contributed by atoms with Crippen LogP contribution in [0.1, 0.15) is 51.7 Å². The Bertz CT molecular complexity index is 721. The number of halogens is 1. The molecule has 1 nitrogen and oxygen atoms in total. The minimum atomic E-state index is -0.786. The largest absolute Gasteiger partial charge is 0.484 e. The second-order valence-corrected chi connectivity index (χ2v) is 9.21. The van der Waals surface area contributed by atoms with Crippen LogP contribution in [0, 0.1) is 0 Å². The Balaban J connectivity index is 1.63. The highest BCUT2D eigenvalue weighted by atomic mass is 32.2. The van der Waals surface area contributed by atoms with Crippen molar-refractivity contribution < 1.29 is 9.13 Å². The van der Waals surface area contributed by atoms with Gasteiger partial charge in [-0.2, -0.15) is 0 Å². The zero-order valence-electron chi connectivity index (χ0n) is 15.6. The number of benzene rings is 1. The molecule has 0 fully saturated rings. The number of hydrogen-bond acceptors (Lipinski definition) is 2. The number of ether oxygens (including phenoxy) is 1. The van der Waals surface area contributed by atoms with Crippen LogP contribution in [0.3, 0.4) is 0 Å². The van der Waals surface area contributed by atoms with E-state index < -0.39 is 12.3 Å². The fraction of sp³-hybridized carbons (Fsp3) is 0.455. The summed E-state index contributed by atoms with van der Waals surface area (Å²) in [6.45, 7) is 8.02. The van der Waals surface area contributed by atoms with Gasteiger partial charge in [0, 0.05) is 17.7 Å². The maximum absolute atomic E-state index is 13.1. The predicted octanol–water partition coefficient (Wildman–Crippen LogP) is 6.46. The molecule has 0 aromatic heterocycles. The second kappa shape index (κ2) is 7.03. The van der Waals surface area contributed by atoms with E-state index in [0.717, 1.165) is 29.9 Å². The Hall–Kier alpha value is -1.48. The van der Waals surface area contributed by atoms with Crippen LogP contribution in [0.25, 0.3) is 0 Å². The summed E-state index contributed by atoms with van der Waals surface area (Å²) in [5.41, 5.74) is 3.23. The Kier molecular flexibility index (Phi) is 5.15. The molecule has 0 bridgehead atoms. The summed E-state index contributed by atoms with van der Waals surface area (Å²) in [7, 11) is 0. The summed E-state index contributed by atoms with van der Waals surface area (Å²) >= 11 is 1.89. The van der Waals surface area contributed by atoms with Crippen LogP contribution in [-0.4, -0.2) is 12.3 Å². The van der Waals surface area contributed by atoms with E-state index in [0.29, 0.717) is 0 Å². The topological polar surface area (TPSA) is 9.23 Å². The third kappa shape index (κ3) is 4.38. The van der Waals surface area contributed by atoms with Crippen molar-refractivity contribution in [1.82, 2.24) is 0 Å². The van der Waals surface area contributed by atoms with Crippen molar-refractivity contribution in [3.05, 3.63) is 69.9 Å². The number of allylic oxidation sites excluding steroid dienone is 5. The summed E-state index contributed by atoms with van der Waals surface area (Å²) in [5, 5.41) is 0. The maximum atomic E-state index is 13.1. The molecule has 134 valence electrons. The van der Waals surface area contributed by atoms with Gasteiger partial charge in [0.1, 0.15) is 12.4 Å². The van der Waals surface area contributed by atoms with Crippen LogP contribution in [0.2, 0.25) is 0 Å². The molecule has 1 atom stereocenters. The van der Waals surface area contributed by atoms with Gasteiger partial charge >= 0.3 is 0 Å². The molecule has 1 aliphatic carbocycles. The third-order valence-electron chi connectivity index (χ3n) is 4.72. The minimum Gasteiger partial charge on any atom is -0.484 e. The molecule has 1 aromatic carbocycles. The molecular formula is C22H27FOS. The van der Waals surface area contributed by atoms with Crippen molar-refractivity contribution in [2.75, 3.05) is 6.67 Å². The van der Waals surface area contributed by atoms with Gasteiger partial charge in [-0.3, -0.25) is 0 Å². The zero-order chi connectivity index (χ0) is 18.1. The standard InChI is InChI=1S/C22H27FOS/c1-21(2,3)18-7-5-16(6-8-18)14-25-19-9-10-20-17(13-19)11-12-22(4,15-23)24-20/h5-8,11-13H,9-10,14-15H2,1-4H3. The molecule has 0 saturated carbocycles. The van der Waals surface area contributed by atoms with Crippen LogP contribution < -0.4 is 0 Å². The molecule has 0 amide bonds. The molecule has 0 N–H and O–H groups in total. The lowest BCUT2D eigenvalue weighted by Gasteiger charge is -2.32. The van der Waals surface area contributed by atoms with E-state index in [1.807, 2.05) is 23.9 Å². The normalized spacial score (nSPS) is 23.2. The smallest absolute Gasteiger partial charge is 0.152 e. The SMILES string of the molecule is CC1(CF)C=CC2=C(CCC(SCc3ccc(C(C)(C)C)cc3)=C2)O1. The summed E-state index contributed by atoms with van der Waals surface area (Å²) in [6, 6.07) is 8.94. The van der Waals surface area contributed by atoms with Gasteiger partial charge in [0.25, 0.3) is 0 Å². The monoisotopic (exact) mass is 358 g/mol. The van der Waals surface area contributed by atoms with E-state index >= 15 is 0 Å². The lowest BCUT2D eigenvalue weighted by molar-refractivity contribution is 0.0291. The van der Waals surface area contributed by atoms with Crippen molar-refractivity contribution in [1.29, 1.82) is 0 Å². The van der Waals surface area contributed by atoms with Gasteiger partial charge in [-0.1, -0.05) is 51.1 Å². The highest BCUT2D eigenvalue weighted by molar-refractivity contribution is 8.02. The molecule has 0 radical (unpaired) electrons. The summed E-state index contributed by atoms with van der Waals surface area (Å²) in [4.78, 5) is 1.37. The number of hydrogen-bond donors (Lipinski definition) is 0. The lowest BCUT2D eigenvalue weighted by atomic mass is 9.87. The van der Waals surface area contributed by atoms with Gasteiger partial charge in [-0.25, -0.2) is 4.39 Å². The first-order valence-electron chi connectivity index (χ1n) is 8.89. The van der Waals surface area contributed by atoms with Crippen molar-refractivity contribution in [3.8, 4) is 0 Å². The highest BCUT2D eigenvalue weighted by Gasteiger charge is 2.29. The molecular weight excluding hydrogens is 331 g/mol. The molecule has 1 unspecified atom stereocenters. The average molecular weight is 359 g/mol. The van der Waals surface area contributed by atoms with Crippen molar-refractivity contribution in [3.63, 3.8) is 0 Å². The first-order valence-corrected chi connectivity index (χ1v) is 9.88. The Morgan fingerprint density at radius 3 is 2.52 bits per heavy atom. The Morgan fingerprint density at radius 2 is 1.88 bits per heavy atom. The Labute approximate surface area is 155 Å². The molecule has 25 heavy (non-hydrogen) atoms. The average Bonchev–Trinajstić information content (AvgIpc) is 2.59. The summed E-state index contributed by atoms with van der Waals surface area (Å²) in [5.74, 6) is 1.91. The molecule has 2 aliphatic rings. The van der Waals surface area contributed by atoms with E-state index in [1.54, 1.807) is 6.92 Å². The molecule has 1 aromatic rings. The molecule has 0 saturated heterocycles. The molecule has 0 spiro atoms. The van der Waals surface area contributed by atoms with Gasteiger partial charge in [0.15, 0.2) is 5.60 Å². The lowest BCUT2D eigenvalue weighted by Crippen LogP contribution is -2.31. The minimum absolute atomic E-state index is 0.196. The van der Waals surface area contributed by atoms with Gasteiger partial charge < -0.3 is 4.74 Å². The quantitative estimate of drug-likeness (QED) is 0.610. The first kappa shape index (κ1) is 18.3. The van der Waals surface area contributed by atoms with Crippen molar-refractivity contribution in [2.24, 2.45) is 0 Å². The van der Waals surface area contributed by atoms with Gasteiger partial charge in [0.2, 0.25) is 0 Å². The molecule has 3 heteroatoms. The van der Waals surface area contributed by atoms with Crippen LogP contribution >= 0.6 is 11.8 Å². The van der Waals surface area contributed by atoms with Crippen LogP contribution in [0.5, 0.6) is 0 Å². The van der Waals surface area contributed by atoms with Gasteiger partial charge in [0.05, 0.1) is 0 Å². The summed E-state index contributed by atoms with van der Waals surface area (Å²) in [6.07, 6.45) is 7.87.